The maximum absolute atomic E-state index is 6.03. The number of hydrogen-bond acceptors (Lipinski definition) is 4. The number of likely N-dealkylation sites (N-methyl/N-ethyl adjacent to an activating group) is 1. The number of nitrogens with one attached hydrogen (secondary N) is 1. The van der Waals surface area contributed by atoms with Crippen LogP contribution < -0.4 is 10.6 Å². The van der Waals surface area contributed by atoms with Crippen LogP contribution >= 0.6 is 0 Å². The van der Waals surface area contributed by atoms with Crippen LogP contribution in [-0.4, -0.2) is 53.6 Å². The number of hydrogen-bond donors (Lipinski definition) is 2. The van der Waals surface area contributed by atoms with Crippen LogP contribution in [0.5, 0.6) is 0 Å². The van der Waals surface area contributed by atoms with Gasteiger partial charge in [0, 0.05) is 55.2 Å². The molecule has 0 amide bonds. The molecule has 1 aliphatic rings. The predicted molar refractivity (Wildman–Crippen MR) is 126 cm³/mol. The van der Waals surface area contributed by atoms with Gasteiger partial charge < -0.3 is 20.5 Å². The number of piperazine rings is 1. The molecule has 1 aromatic carbocycles. The Morgan fingerprint density at radius 1 is 1.03 bits per heavy atom. The lowest BCUT2D eigenvalue weighted by Gasteiger charge is -2.36. The summed E-state index contributed by atoms with van der Waals surface area (Å²) in [5.41, 5.74) is 13.6. The molecule has 0 bridgehead atoms. The molecule has 156 valence electrons. The highest BCUT2D eigenvalue weighted by Gasteiger charge is 2.18. The van der Waals surface area contributed by atoms with Crippen LogP contribution in [0.1, 0.15) is 30.5 Å². The number of nitrogens with two attached hydrogens (primary N) is 1. The first kappa shape index (κ1) is 20.5. The van der Waals surface area contributed by atoms with Gasteiger partial charge in [0.1, 0.15) is 5.65 Å². The van der Waals surface area contributed by atoms with Crippen molar-refractivity contribution in [1.82, 2.24) is 14.9 Å². The first-order valence-electron chi connectivity index (χ1n) is 10.6. The number of aryl methyl sites for hydroxylation is 2. The highest BCUT2D eigenvalue weighted by Crippen LogP contribution is 2.32. The van der Waals surface area contributed by atoms with E-state index in [1.54, 1.807) is 0 Å². The normalized spacial score (nSPS) is 15.3. The quantitative estimate of drug-likeness (QED) is 0.643. The summed E-state index contributed by atoms with van der Waals surface area (Å²) in [4.78, 5) is 12.8. The van der Waals surface area contributed by atoms with Crippen LogP contribution in [0.15, 0.2) is 30.6 Å². The van der Waals surface area contributed by atoms with Crippen molar-refractivity contribution in [2.24, 2.45) is 5.73 Å². The van der Waals surface area contributed by atoms with Crippen LogP contribution in [-0.2, 0) is 0 Å². The van der Waals surface area contributed by atoms with Gasteiger partial charge >= 0.3 is 0 Å². The highest BCUT2D eigenvalue weighted by atomic mass is 15.2. The molecule has 3 heterocycles. The Morgan fingerprint density at radius 3 is 2.33 bits per heavy atom. The molecule has 2 aromatic heterocycles. The molecule has 0 unspecified atom stereocenters. The third-order valence-corrected chi connectivity index (χ3v) is 5.69. The van der Waals surface area contributed by atoms with Gasteiger partial charge in [-0.25, -0.2) is 4.98 Å². The second-order valence-corrected chi connectivity index (χ2v) is 9.04. The minimum absolute atomic E-state index is 0.526. The van der Waals surface area contributed by atoms with E-state index in [4.69, 9.17) is 5.73 Å². The van der Waals surface area contributed by atoms with Crippen molar-refractivity contribution in [3.63, 3.8) is 0 Å². The van der Waals surface area contributed by atoms with Crippen LogP contribution in [0.2, 0.25) is 0 Å². The lowest BCUT2D eigenvalue weighted by atomic mass is 9.98. The zero-order chi connectivity index (χ0) is 21.5. The third kappa shape index (κ3) is 4.21. The second-order valence-electron chi connectivity index (χ2n) is 9.04. The average Bonchev–Trinajstić information content (AvgIpc) is 3.09. The number of pyridine rings is 1. The van der Waals surface area contributed by atoms with E-state index in [1.165, 1.54) is 22.4 Å². The van der Waals surface area contributed by atoms with Crippen molar-refractivity contribution in [3.8, 4) is 23.0 Å². The van der Waals surface area contributed by atoms with Gasteiger partial charge in [0.05, 0.1) is 11.1 Å². The van der Waals surface area contributed by atoms with Crippen molar-refractivity contribution in [2.45, 2.75) is 33.2 Å². The van der Waals surface area contributed by atoms with E-state index in [1.807, 2.05) is 26.2 Å². The van der Waals surface area contributed by atoms with Gasteiger partial charge in [-0.2, -0.15) is 0 Å². The molecule has 0 aliphatic carbocycles. The molecule has 0 atom stereocenters. The summed E-state index contributed by atoms with van der Waals surface area (Å²) < 4.78 is 0. The summed E-state index contributed by atoms with van der Waals surface area (Å²) in [7, 11) is 2.19. The smallest absolute Gasteiger partial charge is 0.138 e. The minimum atomic E-state index is -0.526. The first-order chi connectivity index (χ1) is 14.2. The highest BCUT2D eigenvalue weighted by molar-refractivity contribution is 5.87. The topological polar surface area (TPSA) is 61.2 Å². The van der Waals surface area contributed by atoms with Gasteiger partial charge in [0.15, 0.2) is 0 Å². The standard InChI is InChI=1S/C25H31N5/c1-17-12-20(13-18(2)23(17)30-10-8-29(5)9-11-30)21-14-22-19(6-7-25(3,4)26)15-27-24(22)28-16-21/h12-16H,8-11,26H2,1-5H3,(H,27,28). The minimum Gasteiger partial charge on any atom is -0.369 e. The van der Waals surface area contributed by atoms with Gasteiger partial charge in [0.2, 0.25) is 0 Å². The average molecular weight is 402 g/mol. The molecule has 3 N–H and O–H groups in total. The number of anilines is 1. The van der Waals surface area contributed by atoms with Gasteiger partial charge in [-0.3, -0.25) is 0 Å². The lowest BCUT2D eigenvalue weighted by Crippen LogP contribution is -2.45. The number of fused-ring (bicyclic) bond motifs is 1. The molecule has 4 rings (SSSR count). The molecular weight excluding hydrogens is 370 g/mol. The van der Waals surface area contributed by atoms with Crippen molar-refractivity contribution < 1.29 is 0 Å². The Labute approximate surface area is 179 Å². The predicted octanol–water partition coefficient (Wildman–Crippen LogP) is 3.69. The van der Waals surface area contributed by atoms with Gasteiger partial charge in [0.25, 0.3) is 0 Å². The van der Waals surface area contributed by atoms with E-state index in [-0.39, 0.29) is 0 Å². The number of aromatic nitrogens is 2. The Hall–Kier alpha value is -2.81. The summed E-state index contributed by atoms with van der Waals surface area (Å²) in [5.74, 6) is 6.32. The van der Waals surface area contributed by atoms with E-state index in [2.05, 4.69) is 70.7 Å². The fourth-order valence-electron chi connectivity index (χ4n) is 4.14. The largest absolute Gasteiger partial charge is 0.369 e. The van der Waals surface area contributed by atoms with Crippen molar-refractivity contribution in [1.29, 1.82) is 0 Å². The Kier molecular flexibility index (Phi) is 5.31. The van der Waals surface area contributed by atoms with Crippen LogP contribution in [0.3, 0.4) is 0 Å². The van der Waals surface area contributed by atoms with Crippen LogP contribution in [0.25, 0.3) is 22.2 Å². The molecule has 0 saturated carbocycles. The summed E-state index contributed by atoms with van der Waals surface area (Å²) in [6.07, 6.45) is 3.85. The molecule has 3 aromatic rings. The van der Waals surface area contributed by atoms with E-state index >= 15 is 0 Å². The lowest BCUT2D eigenvalue weighted by molar-refractivity contribution is 0.312. The zero-order valence-electron chi connectivity index (χ0n) is 18.6. The van der Waals surface area contributed by atoms with Crippen LogP contribution in [0, 0.1) is 25.7 Å². The van der Waals surface area contributed by atoms with E-state index in [9.17, 15) is 0 Å². The van der Waals surface area contributed by atoms with Gasteiger partial charge in [-0.05, 0) is 69.6 Å². The Balaban J connectivity index is 1.71. The Bertz CT molecular complexity index is 1110. The number of H-pyrrole nitrogens is 1. The van der Waals surface area contributed by atoms with E-state index in [0.717, 1.165) is 48.3 Å². The number of nitrogens with zero attached hydrogens (tertiary/aromatic N) is 3. The third-order valence-electron chi connectivity index (χ3n) is 5.69. The fraction of sp³-hybridized carbons (Fsp3) is 0.400. The second kappa shape index (κ2) is 7.79. The molecule has 1 fully saturated rings. The molecule has 5 heteroatoms. The van der Waals surface area contributed by atoms with Crippen molar-refractivity contribution in [2.75, 3.05) is 38.1 Å². The zero-order valence-corrected chi connectivity index (χ0v) is 18.6. The van der Waals surface area contributed by atoms with E-state index in [0.29, 0.717) is 0 Å². The maximum atomic E-state index is 6.03. The SMILES string of the molecule is Cc1cc(-c2cnc3[nH]cc(C#CC(C)(C)N)c3c2)cc(C)c1N1CCN(C)CC1. The van der Waals surface area contributed by atoms with E-state index < -0.39 is 5.54 Å². The summed E-state index contributed by atoms with van der Waals surface area (Å²) >= 11 is 0. The number of rotatable bonds is 2. The molecule has 1 aliphatic heterocycles. The number of benzene rings is 1. The monoisotopic (exact) mass is 401 g/mol. The summed E-state index contributed by atoms with van der Waals surface area (Å²) in [6.45, 7) is 12.6. The Morgan fingerprint density at radius 2 is 1.70 bits per heavy atom. The van der Waals surface area contributed by atoms with Crippen LogP contribution in [0.4, 0.5) is 5.69 Å². The molecule has 1 saturated heterocycles. The van der Waals surface area contributed by atoms with Crippen molar-refractivity contribution in [3.05, 3.63) is 47.3 Å². The molecule has 5 nitrogen and oxygen atoms in total. The van der Waals surface area contributed by atoms with Crippen molar-refractivity contribution >= 4 is 16.7 Å². The first-order valence-corrected chi connectivity index (χ1v) is 10.6. The van der Waals surface area contributed by atoms with Gasteiger partial charge in [-0.15, -0.1) is 0 Å². The maximum Gasteiger partial charge on any atom is 0.138 e. The molecule has 0 spiro atoms. The molecule has 30 heavy (non-hydrogen) atoms. The number of aromatic amines is 1. The summed E-state index contributed by atoms with van der Waals surface area (Å²) in [5, 5.41) is 1.03. The summed E-state index contributed by atoms with van der Waals surface area (Å²) in [6, 6.07) is 6.74. The fourth-order valence-corrected chi connectivity index (χ4v) is 4.14. The molecular formula is C25H31N5. The molecule has 0 radical (unpaired) electrons. The van der Waals surface area contributed by atoms with Gasteiger partial charge in [-0.1, -0.05) is 11.8 Å².